The molecule has 1 aliphatic rings. The molecule has 2 radical (unpaired) electrons. The van der Waals surface area contributed by atoms with Crippen molar-refractivity contribution in [1.82, 2.24) is 0 Å². The molecule has 3 aromatic carbocycles. The number of anilines is 2. The number of hydrogen-bond donors (Lipinski definition) is 1. The Balaban J connectivity index is 1.98. The molecule has 0 fully saturated rings. The van der Waals surface area contributed by atoms with Gasteiger partial charge in [0.05, 0.1) is 0 Å². The van der Waals surface area contributed by atoms with Gasteiger partial charge in [-0.2, -0.15) is 0 Å². The Hall–Kier alpha value is -2.06. The summed E-state index contributed by atoms with van der Waals surface area (Å²) in [6.07, 6.45) is 0. The van der Waals surface area contributed by atoms with E-state index in [-0.39, 0.29) is 0 Å². The fraction of sp³-hybridized carbons (Fsp3) is 0. The van der Waals surface area contributed by atoms with Gasteiger partial charge in [0.15, 0.2) is 0 Å². The largest absolute Gasteiger partial charge is 0.356 e. The summed E-state index contributed by atoms with van der Waals surface area (Å²) in [7, 11) is 0.735. The van der Waals surface area contributed by atoms with Gasteiger partial charge < -0.3 is 5.32 Å². The highest BCUT2D eigenvalue weighted by molar-refractivity contribution is 6.73. The van der Waals surface area contributed by atoms with E-state index in [0.29, 0.717) is 0 Å². The van der Waals surface area contributed by atoms with Crippen molar-refractivity contribution in [3.05, 3.63) is 60.7 Å². The molecule has 0 aromatic heterocycles. The summed E-state index contributed by atoms with van der Waals surface area (Å²) in [5.74, 6) is 0. The van der Waals surface area contributed by atoms with Crippen molar-refractivity contribution in [2.45, 2.75) is 0 Å². The molecule has 0 bridgehead atoms. The number of benzene rings is 3. The van der Waals surface area contributed by atoms with E-state index in [1.807, 2.05) is 0 Å². The Morgan fingerprint density at radius 1 is 0.722 bits per heavy atom. The molecule has 1 nitrogen and oxygen atoms in total. The predicted octanol–water partition coefficient (Wildman–Crippen LogP) is 2.55. The normalized spacial score (nSPS) is 12.7. The van der Waals surface area contributed by atoms with E-state index in [2.05, 4.69) is 66.0 Å². The van der Waals surface area contributed by atoms with Crippen molar-refractivity contribution in [2.24, 2.45) is 0 Å². The highest BCUT2D eigenvalue weighted by Crippen LogP contribution is 2.22. The Morgan fingerprint density at radius 3 is 2.56 bits per heavy atom. The molecule has 0 aliphatic carbocycles. The SMILES string of the molecule is c1ccc2c(c1)Nc1ccc3ccccc3c1[Si]2. The fourth-order valence-corrected chi connectivity index (χ4v) is 3.86. The lowest BCUT2D eigenvalue weighted by molar-refractivity contribution is 1.59. The van der Waals surface area contributed by atoms with Gasteiger partial charge in [-0.1, -0.05) is 48.5 Å². The summed E-state index contributed by atoms with van der Waals surface area (Å²) in [5, 5.41) is 9.08. The molecule has 1 N–H and O–H groups in total. The molecule has 84 valence electrons. The second-order valence-corrected chi connectivity index (χ2v) is 5.79. The van der Waals surface area contributed by atoms with Gasteiger partial charge in [0.1, 0.15) is 9.52 Å². The third-order valence-electron chi connectivity index (χ3n) is 3.39. The zero-order chi connectivity index (χ0) is 11.9. The molecule has 1 aliphatic heterocycles. The van der Waals surface area contributed by atoms with Gasteiger partial charge in [-0.25, -0.2) is 0 Å². The maximum absolute atomic E-state index is 3.54. The zero-order valence-electron chi connectivity index (χ0n) is 9.77. The monoisotopic (exact) mass is 245 g/mol. The van der Waals surface area contributed by atoms with E-state index in [4.69, 9.17) is 0 Å². The van der Waals surface area contributed by atoms with E-state index in [1.54, 1.807) is 0 Å². The van der Waals surface area contributed by atoms with E-state index in [1.165, 1.54) is 32.5 Å². The summed E-state index contributed by atoms with van der Waals surface area (Å²) in [4.78, 5) is 0. The first-order valence-electron chi connectivity index (χ1n) is 6.07. The second-order valence-electron chi connectivity index (χ2n) is 4.50. The first-order valence-corrected chi connectivity index (χ1v) is 7.07. The average Bonchev–Trinajstić information content (AvgIpc) is 2.45. The highest BCUT2D eigenvalue weighted by Gasteiger charge is 2.16. The first-order chi connectivity index (χ1) is 8.92. The van der Waals surface area contributed by atoms with Crippen LogP contribution in [0.25, 0.3) is 10.8 Å². The molecule has 0 spiro atoms. The minimum Gasteiger partial charge on any atom is -0.356 e. The van der Waals surface area contributed by atoms with Crippen LogP contribution in [0, 0.1) is 0 Å². The van der Waals surface area contributed by atoms with Crippen LogP contribution in [0.5, 0.6) is 0 Å². The number of rotatable bonds is 0. The van der Waals surface area contributed by atoms with Crippen LogP contribution >= 0.6 is 0 Å². The third kappa shape index (κ3) is 1.39. The molecule has 3 aromatic rings. The van der Waals surface area contributed by atoms with E-state index < -0.39 is 0 Å². The van der Waals surface area contributed by atoms with Crippen LogP contribution in [0.15, 0.2) is 60.7 Å². The van der Waals surface area contributed by atoms with E-state index in [0.717, 1.165) is 9.52 Å². The third-order valence-corrected chi connectivity index (χ3v) is 4.88. The number of hydrogen-bond acceptors (Lipinski definition) is 1. The number of para-hydroxylation sites is 1. The summed E-state index contributed by atoms with van der Waals surface area (Å²) < 4.78 is 0. The first kappa shape index (κ1) is 9.92. The Bertz CT molecular complexity index is 749. The minimum atomic E-state index is 0.735. The van der Waals surface area contributed by atoms with Crippen molar-refractivity contribution < 1.29 is 0 Å². The molecule has 0 atom stereocenters. The lowest BCUT2D eigenvalue weighted by atomic mass is 10.1. The molecule has 2 heteroatoms. The maximum Gasteiger partial charge on any atom is 0.128 e. The van der Waals surface area contributed by atoms with Crippen molar-refractivity contribution in [1.29, 1.82) is 0 Å². The Labute approximate surface area is 108 Å². The quantitative estimate of drug-likeness (QED) is 0.469. The summed E-state index contributed by atoms with van der Waals surface area (Å²) in [5.41, 5.74) is 2.50. The molecule has 0 saturated heterocycles. The van der Waals surface area contributed by atoms with Crippen LogP contribution in [-0.2, 0) is 0 Å². The standard InChI is InChI=1S/C16H11NSi/c1-2-6-12-11(5-1)9-10-14-16(12)18-15-8-4-3-7-13(15)17-14/h1-10,17H. The van der Waals surface area contributed by atoms with Crippen molar-refractivity contribution >= 4 is 42.0 Å². The summed E-state index contributed by atoms with van der Waals surface area (Å²) in [6.45, 7) is 0. The lowest BCUT2D eigenvalue weighted by Gasteiger charge is -2.22. The van der Waals surface area contributed by atoms with Crippen LogP contribution in [0.1, 0.15) is 0 Å². The van der Waals surface area contributed by atoms with Crippen molar-refractivity contribution in [3.8, 4) is 0 Å². The molecule has 0 unspecified atom stereocenters. The number of fused-ring (bicyclic) bond motifs is 4. The molecule has 18 heavy (non-hydrogen) atoms. The van der Waals surface area contributed by atoms with Gasteiger partial charge in [0.25, 0.3) is 0 Å². The molecular weight excluding hydrogens is 234 g/mol. The predicted molar refractivity (Wildman–Crippen MR) is 78.7 cm³/mol. The second kappa shape index (κ2) is 3.72. The van der Waals surface area contributed by atoms with Crippen LogP contribution in [0.4, 0.5) is 11.4 Å². The van der Waals surface area contributed by atoms with Gasteiger partial charge in [-0.05, 0) is 33.3 Å². The van der Waals surface area contributed by atoms with Crippen LogP contribution in [-0.4, -0.2) is 9.52 Å². The maximum atomic E-state index is 3.54. The van der Waals surface area contributed by atoms with Gasteiger partial charge >= 0.3 is 0 Å². The Morgan fingerprint density at radius 2 is 1.56 bits per heavy atom. The van der Waals surface area contributed by atoms with Gasteiger partial charge in [0, 0.05) is 11.4 Å². The molecular formula is C16H11NSi. The minimum absolute atomic E-state index is 0.735. The summed E-state index contributed by atoms with van der Waals surface area (Å²) in [6, 6.07) is 21.6. The topological polar surface area (TPSA) is 12.0 Å². The van der Waals surface area contributed by atoms with E-state index in [9.17, 15) is 0 Å². The van der Waals surface area contributed by atoms with Gasteiger partial charge in [-0.15, -0.1) is 0 Å². The number of nitrogens with one attached hydrogen (secondary N) is 1. The van der Waals surface area contributed by atoms with Gasteiger partial charge in [-0.3, -0.25) is 0 Å². The van der Waals surface area contributed by atoms with E-state index >= 15 is 0 Å². The zero-order valence-corrected chi connectivity index (χ0v) is 10.8. The Kier molecular flexibility index (Phi) is 2.05. The summed E-state index contributed by atoms with van der Waals surface area (Å²) >= 11 is 0. The molecule has 0 amide bonds. The van der Waals surface area contributed by atoms with Crippen molar-refractivity contribution in [3.63, 3.8) is 0 Å². The highest BCUT2D eigenvalue weighted by atomic mass is 28.2. The smallest absolute Gasteiger partial charge is 0.128 e. The fourth-order valence-electron chi connectivity index (χ4n) is 2.49. The van der Waals surface area contributed by atoms with Crippen molar-refractivity contribution in [2.75, 3.05) is 5.32 Å². The van der Waals surface area contributed by atoms with Crippen LogP contribution in [0.3, 0.4) is 0 Å². The molecule has 1 heterocycles. The van der Waals surface area contributed by atoms with Gasteiger partial charge in [0.2, 0.25) is 0 Å². The molecule has 4 rings (SSSR count). The molecule has 0 saturated carbocycles. The lowest BCUT2D eigenvalue weighted by Crippen LogP contribution is -2.35. The average molecular weight is 245 g/mol. The van der Waals surface area contributed by atoms with Crippen LogP contribution < -0.4 is 15.7 Å². The van der Waals surface area contributed by atoms with Crippen LogP contribution in [0.2, 0.25) is 0 Å².